The van der Waals surface area contributed by atoms with Crippen molar-refractivity contribution < 1.29 is 18.7 Å². The number of nitrogens with zero attached hydrogens (tertiary/aromatic N) is 2. The summed E-state index contributed by atoms with van der Waals surface area (Å²) in [6.45, 7) is 0. The molecule has 8 heteroatoms. The van der Waals surface area contributed by atoms with Gasteiger partial charge in [-0.2, -0.15) is 0 Å². The van der Waals surface area contributed by atoms with Gasteiger partial charge in [-0.15, -0.1) is 22.0 Å². The van der Waals surface area contributed by atoms with Crippen LogP contribution in [0.3, 0.4) is 0 Å². The molecule has 0 saturated heterocycles. The van der Waals surface area contributed by atoms with E-state index in [9.17, 15) is 9.18 Å². The van der Waals surface area contributed by atoms with E-state index in [-0.39, 0.29) is 11.6 Å². The average Bonchev–Trinajstić information content (AvgIpc) is 2.88. The van der Waals surface area contributed by atoms with E-state index in [4.69, 9.17) is 15.3 Å². The molecular weight excluding hydrogens is 285 g/mol. The van der Waals surface area contributed by atoms with Crippen molar-refractivity contribution in [3.8, 4) is 11.5 Å². The van der Waals surface area contributed by atoms with E-state index in [0.717, 1.165) is 0 Å². The Hall–Kier alpha value is -1.93. The molecule has 0 bridgehead atoms. The summed E-state index contributed by atoms with van der Waals surface area (Å²) in [7, 11) is 0. The van der Waals surface area contributed by atoms with E-state index in [1.165, 1.54) is 23.9 Å². The van der Waals surface area contributed by atoms with E-state index < -0.39 is 12.0 Å². The molecule has 2 aromatic rings. The molecule has 0 fully saturated rings. The van der Waals surface area contributed by atoms with Crippen LogP contribution in [0.5, 0.6) is 0 Å². The normalized spacial score (nSPS) is 12.3. The lowest BCUT2D eigenvalue weighted by atomic mass is 10.2. The fraction of sp³-hybridized carbons (Fsp3) is 0.250. The van der Waals surface area contributed by atoms with Crippen LogP contribution in [0.4, 0.5) is 4.39 Å². The minimum Gasteiger partial charge on any atom is -0.480 e. The minimum atomic E-state index is -1.05. The Morgan fingerprint density at radius 3 is 2.75 bits per heavy atom. The van der Waals surface area contributed by atoms with Crippen molar-refractivity contribution in [3.05, 3.63) is 36.0 Å². The van der Waals surface area contributed by atoms with Gasteiger partial charge in [-0.05, 0) is 24.3 Å². The smallest absolute Gasteiger partial charge is 0.321 e. The molecule has 0 spiro atoms. The van der Waals surface area contributed by atoms with Crippen LogP contribution in [0.1, 0.15) is 5.89 Å². The van der Waals surface area contributed by atoms with Crippen LogP contribution in [0.15, 0.2) is 28.7 Å². The van der Waals surface area contributed by atoms with Gasteiger partial charge in [0.1, 0.15) is 11.9 Å². The summed E-state index contributed by atoms with van der Waals surface area (Å²) in [6.07, 6.45) is 0. The second-order valence-corrected chi connectivity index (χ2v) is 5.00. The quantitative estimate of drug-likeness (QED) is 0.833. The summed E-state index contributed by atoms with van der Waals surface area (Å²) in [5, 5.41) is 16.3. The predicted octanol–water partition coefficient (Wildman–Crippen LogP) is 1.52. The summed E-state index contributed by atoms with van der Waals surface area (Å²) in [5.74, 6) is -0.101. The maximum Gasteiger partial charge on any atom is 0.321 e. The Morgan fingerprint density at radius 1 is 1.40 bits per heavy atom. The number of hydrogen-bond acceptors (Lipinski definition) is 6. The zero-order valence-electron chi connectivity index (χ0n) is 10.3. The van der Waals surface area contributed by atoms with E-state index >= 15 is 0 Å². The first-order chi connectivity index (χ1) is 9.56. The van der Waals surface area contributed by atoms with Crippen LogP contribution in [0.25, 0.3) is 11.5 Å². The van der Waals surface area contributed by atoms with Gasteiger partial charge in [-0.1, -0.05) is 0 Å². The number of aromatic nitrogens is 2. The van der Waals surface area contributed by atoms with Crippen LogP contribution in [-0.4, -0.2) is 33.1 Å². The molecule has 0 aliphatic rings. The number of thioether (sulfide) groups is 1. The van der Waals surface area contributed by atoms with Crippen molar-refractivity contribution in [2.45, 2.75) is 11.8 Å². The molecule has 0 radical (unpaired) electrons. The first kappa shape index (κ1) is 14.5. The second-order valence-electron chi connectivity index (χ2n) is 3.97. The van der Waals surface area contributed by atoms with Crippen molar-refractivity contribution in [1.82, 2.24) is 10.2 Å². The number of nitrogens with two attached hydrogens (primary N) is 1. The van der Waals surface area contributed by atoms with Gasteiger partial charge in [0.25, 0.3) is 0 Å². The van der Waals surface area contributed by atoms with Gasteiger partial charge >= 0.3 is 5.97 Å². The fourth-order valence-corrected chi connectivity index (χ4v) is 2.17. The number of aliphatic carboxylic acids is 1. The molecule has 6 nitrogen and oxygen atoms in total. The molecule has 1 heterocycles. The van der Waals surface area contributed by atoms with E-state index in [2.05, 4.69) is 10.2 Å². The molecule has 0 unspecified atom stereocenters. The van der Waals surface area contributed by atoms with Crippen LogP contribution in [0.2, 0.25) is 0 Å². The van der Waals surface area contributed by atoms with Gasteiger partial charge < -0.3 is 15.3 Å². The summed E-state index contributed by atoms with van der Waals surface area (Å²) in [6, 6.07) is 4.78. The molecule has 1 aromatic carbocycles. The standard InChI is InChI=1S/C12H12FN3O3S/c13-8-3-1-7(2-4-8)11-16-15-10(19-11)6-20-5-9(14)12(17)18/h1-4,9H,5-6,14H2,(H,17,18)/t9-/m1/s1. The monoisotopic (exact) mass is 297 g/mol. The lowest BCUT2D eigenvalue weighted by molar-refractivity contribution is -0.137. The van der Waals surface area contributed by atoms with Gasteiger partial charge in [0.05, 0.1) is 5.75 Å². The Bertz CT molecular complexity index is 588. The third-order valence-electron chi connectivity index (χ3n) is 2.40. The molecule has 2 rings (SSSR count). The number of carboxylic acids is 1. The average molecular weight is 297 g/mol. The van der Waals surface area contributed by atoms with Gasteiger partial charge in [0.15, 0.2) is 0 Å². The van der Waals surface area contributed by atoms with Gasteiger partial charge in [-0.3, -0.25) is 4.79 Å². The molecule has 106 valence electrons. The Morgan fingerprint density at radius 2 is 2.10 bits per heavy atom. The topological polar surface area (TPSA) is 102 Å². The summed E-state index contributed by atoms with van der Waals surface area (Å²) in [4.78, 5) is 10.5. The predicted molar refractivity (Wildman–Crippen MR) is 71.5 cm³/mol. The molecule has 0 amide bonds. The SMILES string of the molecule is N[C@H](CSCc1nnc(-c2ccc(F)cc2)o1)C(=O)O. The van der Waals surface area contributed by atoms with Crippen LogP contribution >= 0.6 is 11.8 Å². The molecule has 0 aliphatic carbocycles. The molecule has 0 saturated carbocycles. The van der Waals surface area contributed by atoms with Crippen molar-refractivity contribution >= 4 is 17.7 Å². The van der Waals surface area contributed by atoms with Crippen LogP contribution in [0, 0.1) is 5.82 Å². The number of carboxylic acid groups (broad SMARTS) is 1. The zero-order valence-corrected chi connectivity index (χ0v) is 11.1. The maximum absolute atomic E-state index is 12.8. The maximum atomic E-state index is 12.8. The zero-order chi connectivity index (χ0) is 14.5. The highest BCUT2D eigenvalue weighted by molar-refractivity contribution is 7.98. The highest BCUT2D eigenvalue weighted by atomic mass is 32.2. The van der Waals surface area contributed by atoms with Crippen molar-refractivity contribution in [3.63, 3.8) is 0 Å². The number of carbonyl (C=O) groups is 1. The highest BCUT2D eigenvalue weighted by Gasteiger charge is 2.13. The molecule has 1 atom stereocenters. The third-order valence-corrected chi connectivity index (χ3v) is 3.44. The van der Waals surface area contributed by atoms with Crippen molar-refractivity contribution in [1.29, 1.82) is 0 Å². The first-order valence-electron chi connectivity index (χ1n) is 5.70. The summed E-state index contributed by atoms with van der Waals surface area (Å²) in [5.41, 5.74) is 5.99. The van der Waals surface area contributed by atoms with E-state index in [0.29, 0.717) is 23.1 Å². The number of halogens is 1. The lowest BCUT2D eigenvalue weighted by Crippen LogP contribution is -2.32. The minimum absolute atomic E-state index is 0.254. The van der Waals surface area contributed by atoms with Crippen LogP contribution in [-0.2, 0) is 10.5 Å². The molecule has 1 aromatic heterocycles. The molecule has 20 heavy (non-hydrogen) atoms. The second kappa shape index (κ2) is 6.49. The Labute approximate surface area is 118 Å². The van der Waals surface area contributed by atoms with E-state index in [1.54, 1.807) is 12.1 Å². The third kappa shape index (κ3) is 3.78. The Balaban J connectivity index is 1.92. The fourth-order valence-electron chi connectivity index (χ4n) is 1.37. The van der Waals surface area contributed by atoms with Gasteiger partial charge in [0, 0.05) is 11.3 Å². The lowest BCUT2D eigenvalue weighted by Gasteiger charge is -2.03. The van der Waals surface area contributed by atoms with Gasteiger partial charge in [-0.25, -0.2) is 4.39 Å². The molecular formula is C12H12FN3O3S. The number of benzene rings is 1. The largest absolute Gasteiger partial charge is 0.480 e. The van der Waals surface area contributed by atoms with Gasteiger partial charge in [0.2, 0.25) is 11.8 Å². The van der Waals surface area contributed by atoms with E-state index in [1.807, 2.05) is 0 Å². The summed E-state index contributed by atoms with van der Waals surface area (Å²) < 4.78 is 18.2. The number of rotatable bonds is 6. The highest BCUT2D eigenvalue weighted by Crippen LogP contribution is 2.20. The van der Waals surface area contributed by atoms with Crippen molar-refractivity contribution in [2.24, 2.45) is 5.73 Å². The number of hydrogen-bond donors (Lipinski definition) is 2. The molecule has 0 aliphatic heterocycles. The molecule has 3 N–H and O–H groups in total. The van der Waals surface area contributed by atoms with Crippen molar-refractivity contribution in [2.75, 3.05) is 5.75 Å². The van der Waals surface area contributed by atoms with Crippen LogP contribution < -0.4 is 5.73 Å². The first-order valence-corrected chi connectivity index (χ1v) is 6.86. The Kier molecular flexibility index (Phi) is 4.70. The summed E-state index contributed by atoms with van der Waals surface area (Å²) >= 11 is 1.29.